The first-order valence-corrected chi connectivity index (χ1v) is 9.72. The molecule has 0 saturated heterocycles. The Morgan fingerprint density at radius 2 is 1.97 bits per heavy atom. The molecular weight excluding hydrogens is 371 g/mol. The number of halogens is 1. The first-order chi connectivity index (χ1) is 14.0. The molecule has 7 heteroatoms. The predicted molar refractivity (Wildman–Crippen MR) is 113 cm³/mol. The van der Waals surface area contributed by atoms with Gasteiger partial charge in [-0.1, -0.05) is 18.2 Å². The highest BCUT2D eigenvalue weighted by molar-refractivity contribution is 5.88. The third kappa shape index (κ3) is 5.94. The van der Waals surface area contributed by atoms with Gasteiger partial charge in [-0.25, -0.2) is 4.39 Å². The molecule has 2 aromatic rings. The van der Waals surface area contributed by atoms with Gasteiger partial charge >= 0.3 is 0 Å². The fraction of sp³-hybridized carbons (Fsp3) is 0.364. The topological polar surface area (TPSA) is 74.8 Å². The van der Waals surface area contributed by atoms with E-state index in [1.807, 2.05) is 24.3 Å². The number of hydrogen-bond acceptors (Lipinski definition) is 3. The second kappa shape index (κ2) is 9.41. The fourth-order valence-corrected chi connectivity index (χ4v) is 3.22. The first-order valence-electron chi connectivity index (χ1n) is 9.72. The molecule has 0 heterocycles. The summed E-state index contributed by atoms with van der Waals surface area (Å²) in [7, 11) is 1.72. The van der Waals surface area contributed by atoms with E-state index in [4.69, 9.17) is 4.74 Å². The van der Waals surface area contributed by atoms with E-state index >= 15 is 0 Å². The summed E-state index contributed by atoms with van der Waals surface area (Å²) in [5.41, 5.74) is 1.72. The van der Waals surface area contributed by atoms with Crippen LogP contribution in [0, 0.1) is 5.82 Å². The van der Waals surface area contributed by atoms with Gasteiger partial charge in [0.05, 0.1) is 6.54 Å². The third-order valence-corrected chi connectivity index (χ3v) is 4.93. The number of rotatable bonds is 8. The van der Waals surface area contributed by atoms with Crippen LogP contribution in [-0.2, 0) is 10.2 Å². The minimum Gasteiger partial charge on any atom is -0.492 e. The lowest BCUT2D eigenvalue weighted by molar-refractivity contribution is -0.114. The van der Waals surface area contributed by atoms with Crippen LogP contribution in [0.3, 0.4) is 0 Å². The summed E-state index contributed by atoms with van der Waals surface area (Å²) in [5, 5.41) is 9.28. The van der Waals surface area contributed by atoms with Crippen LogP contribution in [-0.4, -0.2) is 38.6 Å². The Balaban J connectivity index is 1.43. The zero-order valence-corrected chi connectivity index (χ0v) is 16.8. The van der Waals surface area contributed by atoms with Crippen LogP contribution in [0.4, 0.5) is 10.1 Å². The Morgan fingerprint density at radius 1 is 1.17 bits per heavy atom. The van der Waals surface area contributed by atoms with E-state index in [9.17, 15) is 9.18 Å². The van der Waals surface area contributed by atoms with Gasteiger partial charge in [0.1, 0.15) is 18.2 Å². The molecule has 1 amide bonds. The number of nitrogens with zero attached hydrogens (tertiary/aromatic N) is 1. The highest BCUT2D eigenvalue weighted by Crippen LogP contribution is 2.47. The summed E-state index contributed by atoms with van der Waals surface area (Å²) in [6.45, 7) is 3.18. The fourth-order valence-electron chi connectivity index (χ4n) is 3.22. The summed E-state index contributed by atoms with van der Waals surface area (Å²) in [5.74, 6) is 1.05. The molecule has 6 nitrogen and oxygen atoms in total. The Bertz CT molecular complexity index is 881. The number of nitrogens with one attached hydrogen (secondary N) is 3. The number of aliphatic imine (C=N–C) groups is 1. The highest BCUT2D eigenvalue weighted by atomic mass is 19.1. The molecule has 1 fully saturated rings. The van der Waals surface area contributed by atoms with Crippen molar-refractivity contribution in [3.63, 3.8) is 0 Å². The predicted octanol–water partition coefficient (Wildman–Crippen LogP) is 3.06. The maximum atomic E-state index is 13.5. The van der Waals surface area contributed by atoms with Crippen LogP contribution in [0.5, 0.6) is 5.75 Å². The maximum absolute atomic E-state index is 13.5. The third-order valence-electron chi connectivity index (χ3n) is 4.93. The molecule has 1 saturated carbocycles. The average molecular weight is 398 g/mol. The molecule has 0 aromatic heterocycles. The Labute approximate surface area is 170 Å². The van der Waals surface area contributed by atoms with Crippen molar-refractivity contribution in [1.29, 1.82) is 0 Å². The summed E-state index contributed by atoms with van der Waals surface area (Å²) in [6, 6.07) is 14.1. The monoisotopic (exact) mass is 398 g/mol. The molecule has 3 rings (SSSR count). The molecule has 29 heavy (non-hydrogen) atoms. The van der Waals surface area contributed by atoms with Crippen molar-refractivity contribution in [2.75, 3.05) is 32.1 Å². The van der Waals surface area contributed by atoms with E-state index in [2.05, 4.69) is 20.9 Å². The summed E-state index contributed by atoms with van der Waals surface area (Å²) in [6.07, 6.45) is 2.07. The van der Waals surface area contributed by atoms with E-state index in [0.29, 0.717) is 37.1 Å². The largest absolute Gasteiger partial charge is 0.492 e. The second-order valence-electron chi connectivity index (χ2n) is 7.20. The van der Waals surface area contributed by atoms with E-state index in [-0.39, 0.29) is 17.1 Å². The quantitative estimate of drug-likeness (QED) is 0.363. The lowest BCUT2D eigenvalue weighted by atomic mass is 9.96. The van der Waals surface area contributed by atoms with Crippen LogP contribution in [0.25, 0.3) is 0 Å². The number of carbonyl (C=O) groups is 1. The number of ether oxygens (including phenoxy) is 1. The van der Waals surface area contributed by atoms with E-state index < -0.39 is 0 Å². The number of anilines is 1. The van der Waals surface area contributed by atoms with Crippen molar-refractivity contribution < 1.29 is 13.9 Å². The van der Waals surface area contributed by atoms with Crippen molar-refractivity contribution in [3.05, 3.63) is 59.9 Å². The van der Waals surface area contributed by atoms with Crippen molar-refractivity contribution >= 4 is 17.6 Å². The minimum absolute atomic E-state index is 0.0135. The molecule has 0 atom stereocenters. The van der Waals surface area contributed by atoms with Crippen molar-refractivity contribution in [2.45, 2.75) is 25.2 Å². The van der Waals surface area contributed by atoms with Gasteiger partial charge in [-0.3, -0.25) is 9.79 Å². The van der Waals surface area contributed by atoms with Crippen LogP contribution in [0.1, 0.15) is 25.3 Å². The Kier molecular flexibility index (Phi) is 6.69. The van der Waals surface area contributed by atoms with E-state index in [0.717, 1.165) is 18.4 Å². The normalized spacial score (nSPS) is 14.8. The van der Waals surface area contributed by atoms with Gasteiger partial charge in [0.15, 0.2) is 5.96 Å². The van der Waals surface area contributed by atoms with Gasteiger partial charge in [-0.2, -0.15) is 0 Å². The van der Waals surface area contributed by atoms with E-state index in [1.54, 1.807) is 25.2 Å². The molecule has 1 aliphatic carbocycles. The van der Waals surface area contributed by atoms with Crippen LogP contribution >= 0.6 is 0 Å². The molecule has 3 N–H and O–H groups in total. The van der Waals surface area contributed by atoms with Crippen molar-refractivity contribution in [3.8, 4) is 5.75 Å². The van der Waals surface area contributed by atoms with Crippen molar-refractivity contribution in [1.82, 2.24) is 10.6 Å². The molecule has 2 aromatic carbocycles. The number of hydrogen-bond donors (Lipinski definition) is 3. The number of guanidine groups is 1. The Hall–Kier alpha value is -3.09. The van der Waals surface area contributed by atoms with Gasteiger partial charge < -0.3 is 20.7 Å². The number of amides is 1. The van der Waals surface area contributed by atoms with Gasteiger partial charge in [-0.05, 0) is 42.7 Å². The minimum atomic E-state index is -0.198. The lowest BCUT2D eigenvalue weighted by Crippen LogP contribution is -2.42. The zero-order valence-electron chi connectivity index (χ0n) is 16.8. The molecule has 0 bridgehead atoms. The lowest BCUT2D eigenvalue weighted by Gasteiger charge is -2.19. The van der Waals surface area contributed by atoms with Crippen LogP contribution in [0.15, 0.2) is 53.5 Å². The van der Waals surface area contributed by atoms with Gasteiger partial charge in [0.2, 0.25) is 5.91 Å². The van der Waals surface area contributed by atoms with Gasteiger partial charge in [0, 0.05) is 37.7 Å². The summed E-state index contributed by atoms with van der Waals surface area (Å²) < 4.78 is 19.3. The number of benzene rings is 2. The molecule has 1 aliphatic rings. The molecule has 0 radical (unpaired) electrons. The standard InChI is InChI=1S/C22H27FN4O2/c1-16(28)27-19-7-4-8-20(14-19)29-12-11-25-21(24-2)26-15-22(9-10-22)17-5-3-6-18(23)13-17/h3-8,13-14H,9-12,15H2,1-2H3,(H,27,28)(H2,24,25,26). The van der Waals surface area contributed by atoms with Crippen molar-refractivity contribution in [2.24, 2.45) is 4.99 Å². The number of carbonyl (C=O) groups excluding carboxylic acids is 1. The maximum Gasteiger partial charge on any atom is 0.221 e. The molecular formula is C22H27FN4O2. The van der Waals surface area contributed by atoms with E-state index in [1.165, 1.54) is 13.0 Å². The van der Waals surface area contributed by atoms with Gasteiger partial charge in [0.25, 0.3) is 0 Å². The molecule has 0 aliphatic heterocycles. The second-order valence-corrected chi connectivity index (χ2v) is 7.20. The van der Waals surface area contributed by atoms with Crippen LogP contribution < -0.4 is 20.7 Å². The zero-order chi connectivity index (χ0) is 20.7. The molecule has 154 valence electrons. The summed E-state index contributed by atoms with van der Waals surface area (Å²) in [4.78, 5) is 15.4. The smallest absolute Gasteiger partial charge is 0.221 e. The SMILES string of the molecule is CN=C(NCCOc1cccc(NC(C)=O)c1)NCC1(c2cccc(F)c2)CC1. The van der Waals surface area contributed by atoms with Gasteiger partial charge in [-0.15, -0.1) is 0 Å². The molecule has 0 spiro atoms. The van der Waals surface area contributed by atoms with Crippen LogP contribution in [0.2, 0.25) is 0 Å². The highest BCUT2D eigenvalue weighted by Gasteiger charge is 2.44. The Morgan fingerprint density at radius 3 is 2.66 bits per heavy atom. The summed E-state index contributed by atoms with van der Waals surface area (Å²) >= 11 is 0. The molecule has 0 unspecified atom stereocenters. The average Bonchev–Trinajstić information content (AvgIpc) is 3.48. The first kappa shape index (κ1) is 20.6.